The normalized spacial score (nSPS) is 13.2. The number of rotatable bonds is 7. The zero-order chi connectivity index (χ0) is 39.6. The highest BCUT2D eigenvalue weighted by Gasteiger charge is 2.28. The van der Waals surface area contributed by atoms with Gasteiger partial charge in [0, 0.05) is 47.5 Å². The predicted molar refractivity (Wildman–Crippen MR) is 237 cm³/mol. The largest absolute Gasteiger partial charge is 0.457 e. The summed E-state index contributed by atoms with van der Waals surface area (Å²) < 4.78 is 11.2. The van der Waals surface area contributed by atoms with Gasteiger partial charge in [0.1, 0.15) is 11.5 Å². The molecular weight excluding hydrogens is 699 g/mol. The molecule has 0 fully saturated rings. The molecule has 6 heteroatoms. The molecular formula is C51H51N5O. The second-order valence-electron chi connectivity index (χ2n) is 17.6. The first-order chi connectivity index (χ1) is 27.3. The Morgan fingerprint density at radius 2 is 1.30 bits per heavy atom. The number of fused-ring (bicyclic) bond motifs is 4. The summed E-state index contributed by atoms with van der Waals surface area (Å²) in [7, 11) is 0. The topological polar surface area (TPSA) is 38.5 Å². The van der Waals surface area contributed by atoms with E-state index in [-0.39, 0.29) is 10.8 Å². The van der Waals surface area contributed by atoms with Crippen molar-refractivity contribution in [1.29, 1.82) is 0 Å². The minimum atomic E-state index is 0.0625. The Kier molecular flexibility index (Phi) is 8.76. The van der Waals surface area contributed by atoms with Crippen molar-refractivity contribution < 1.29 is 4.74 Å². The second-order valence-corrected chi connectivity index (χ2v) is 17.6. The first-order valence-corrected chi connectivity index (χ1v) is 20.0. The molecule has 6 aromatic carbocycles. The van der Waals surface area contributed by atoms with E-state index in [1.807, 2.05) is 12.3 Å². The van der Waals surface area contributed by atoms with E-state index in [0.717, 1.165) is 58.5 Å². The Balaban J connectivity index is 1.05. The number of anilines is 3. The predicted octanol–water partition coefficient (Wildman–Crippen LogP) is 13.1. The van der Waals surface area contributed by atoms with Gasteiger partial charge in [-0.15, -0.1) is 0 Å². The van der Waals surface area contributed by atoms with Crippen LogP contribution in [0.4, 0.5) is 17.1 Å². The third-order valence-electron chi connectivity index (χ3n) is 11.4. The van der Waals surface area contributed by atoms with Gasteiger partial charge in [-0.25, -0.2) is 4.98 Å². The van der Waals surface area contributed by atoms with Crippen LogP contribution in [-0.4, -0.2) is 20.8 Å². The molecule has 0 saturated heterocycles. The molecule has 0 spiro atoms. The van der Waals surface area contributed by atoms with Crippen LogP contribution >= 0.6 is 0 Å². The maximum absolute atomic E-state index is 6.73. The van der Waals surface area contributed by atoms with Gasteiger partial charge in [0.15, 0.2) is 0 Å². The Labute approximate surface area is 336 Å². The van der Waals surface area contributed by atoms with Gasteiger partial charge in [0.05, 0.1) is 34.8 Å². The summed E-state index contributed by atoms with van der Waals surface area (Å²) in [5, 5.41) is 2.33. The van der Waals surface area contributed by atoms with Gasteiger partial charge in [-0.05, 0) is 95.0 Å². The molecule has 0 aliphatic carbocycles. The molecule has 0 saturated carbocycles. The van der Waals surface area contributed by atoms with E-state index in [0.29, 0.717) is 0 Å². The lowest BCUT2D eigenvalue weighted by Gasteiger charge is -2.24. The lowest BCUT2D eigenvalue weighted by atomic mass is 9.85. The van der Waals surface area contributed by atoms with Crippen molar-refractivity contribution in [3.8, 4) is 23.1 Å². The number of imidazole rings is 1. The molecule has 6 nitrogen and oxygen atoms in total. The second kappa shape index (κ2) is 13.7. The maximum atomic E-state index is 6.73. The maximum Gasteiger partial charge on any atom is 0.219 e. The molecule has 3 heterocycles. The quantitative estimate of drug-likeness (QED) is 0.163. The van der Waals surface area contributed by atoms with E-state index in [1.165, 1.54) is 44.6 Å². The molecule has 9 rings (SSSR count). The van der Waals surface area contributed by atoms with Crippen LogP contribution in [0.1, 0.15) is 69.4 Å². The minimum absolute atomic E-state index is 0.0625. The van der Waals surface area contributed by atoms with E-state index >= 15 is 0 Å². The highest BCUT2D eigenvalue weighted by atomic mass is 16.5. The summed E-state index contributed by atoms with van der Waals surface area (Å²) in [5.41, 5.74) is 13.4. The van der Waals surface area contributed by atoms with Gasteiger partial charge < -0.3 is 14.5 Å². The van der Waals surface area contributed by atoms with Crippen molar-refractivity contribution in [2.75, 3.05) is 16.5 Å². The molecule has 286 valence electrons. The van der Waals surface area contributed by atoms with Crippen molar-refractivity contribution >= 4 is 38.9 Å². The van der Waals surface area contributed by atoms with E-state index < -0.39 is 0 Å². The Morgan fingerprint density at radius 1 is 0.614 bits per heavy atom. The van der Waals surface area contributed by atoms with Gasteiger partial charge in [-0.3, -0.25) is 9.13 Å². The van der Waals surface area contributed by atoms with Crippen molar-refractivity contribution in [3.05, 3.63) is 168 Å². The molecule has 0 bridgehead atoms. The molecule has 0 N–H and O–H groups in total. The van der Waals surface area contributed by atoms with Gasteiger partial charge in [0.25, 0.3) is 0 Å². The average molecular weight is 750 g/mol. The molecule has 2 aromatic heterocycles. The van der Waals surface area contributed by atoms with Gasteiger partial charge in [0.2, 0.25) is 5.95 Å². The summed E-state index contributed by atoms with van der Waals surface area (Å²) in [4.78, 5) is 9.84. The van der Waals surface area contributed by atoms with E-state index in [2.05, 4.69) is 202 Å². The third kappa shape index (κ3) is 6.63. The van der Waals surface area contributed by atoms with E-state index in [9.17, 15) is 0 Å². The Morgan fingerprint density at radius 3 is 2.07 bits per heavy atom. The lowest BCUT2D eigenvalue weighted by molar-refractivity contribution is 0.483. The van der Waals surface area contributed by atoms with Gasteiger partial charge in [-0.2, -0.15) is 0 Å². The number of hydrogen-bond donors (Lipinski definition) is 0. The zero-order valence-electron chi connectivity index (χ0n) is 34.3. The summed E-state index contributed by atoms with van der Waals surface area (Å²) in [6, 6.07) is 45.8. The van der Waals surface area contributed by atoms with Crippen LogP contribution in [0.15, 0.2) is 140 Å². The number of hydrogen-bond acceptors (Lipinski definition) is 4. The summed E-state index contributed by atoms with van der Waals surface area (Å²) >= 11 is 0. The molecule has 1 aliphatic rings. The number of para-hydroxylation sites is 3. The number of nitrogens with zero attached hydrogens (tertiary/aromatic N) is 5. The lowest BCUT2D eigenvalue weighted by Crippen LogP contribution is -2.27. The van der Waals surface area contributed by atoms with Gasteiger partial charge in [-0.1, -0.05) is 114 Å². The minimum Gasteiger partial charge on any atom is -0.457 e. The molecule has 0 radical (unpaired) electrons. The van der Waals surface area contributed by atoms with Crippen LogP contribution in [0.3, 0.4) is 0 Å². The fourth-order valence-corrected chi connectivity index (χ4v) is 8.48. The summed E-state index contributed by atoms with van der Waals surface area (Å²) in [5.74, 6) is 2.40. The number of benzene rings is 6. The van der Waals surface area contributed by atoms with E-state index in [4.69, 9.17) is 9.72 Å². The number of ether oxygens (including phenoxy) is 1. The first-order valence-electron chi connectivity index (χ1n) is 20.0. The highest BCUT2D eigenvalue weighted by molar-refractivity contribution is 6.09. The first kappa shape index (κ1) is 36.4. The highest BCUT2D eigenvalue weighted by Crippen LogP contribution is 2.43. The van der Waals surface area contributed by atoms with Crippen LogP contribution in [0, 0.1) is 13.8 Å². The number of aromatic nitrogens is 3. The van der Waals surface area contributed by atoms with Crippen molar-refractivity contribution in [3.63, 3.8) is 0 Å². The van der Waals surface area contributed by atoms with Crippen molar-refractivity contribution in [2.45, 2.75) is 72.8 Å². The zero-order valence-corrected chi connectivity index (χ0v) is 34.3. The fraction of sp³-hybridized carbons (Fsp3) is 0.235. The SMILES string of the molecule is Cc1cc(C(C)(C)C)cc(C)c1-n1ccnc1-n1c2ccccc2c2ccc(Oc3cccc(N4CN(Cc5cccc(C(C)(C)C)c5)c5ccccc54)c3)cc21. The smallest absolute Gasteiger partial charge is 0.219 e. The van der Waals surface area contributed by atoms with Crippen molar-refractivity contribution in [2.24, 2.45) is 0 Å². The van der Waals surface area contributed by atoms with Crippen LogP contribution in [0.25, 0.3) is 33.4 Å². The van der Waals surface area contributed by atoms with Crippen molar-refractivity contribution in [1.82, 2.24) is 14.1 Å². The van der Waals surface area contributed by atoms with Crippen LogP contribution in [-0.2, 0) is 17.4 Å². The van der Waals surface area contributed by atoms with Crippen LogP contribution in [0.2, 0.25) is 0 Å². The standard InChI is InChI=1S/C51H51N5O/c1-34-27-38(51(6,7)8)28-35(2)48(34)54-26-25-52-49(54)56-44-20-10-9-19-42(44)43-24-23-41(31-47(43)56)57-40-18-14-17-39(30-40)55-33-53(45-21-11-12-22-46(45)55)32-36-15-13-16-37(29-36)50(3,4)5/h9-31H,32-33H2,1-8H3. The molecule has 0 atom stereocenters. The van der Waals surface area contributed by atoms with Crippen LogP contribution < -0.4 is 14.5 Å². The van der Waals surface area contributed by atoms with E-state index in [1.54, 1.807) is 0 Å². The van der Waals surface area contributed by atoms with Crippen LogP contribution in [0.5, 0.6) is 11.5 Å². The Bertz CT molecular complexity index is 2770. The fourth-order valence-electron chi connectivity index (χ4n) is 8.48. The average Bonchev–Trinajstić information content (AvgIpc) is 3.88. The van der Waals surface area contributed by atoms with Gasteiger partial charge >= 0.3 is 0 Å². The molecule has 57 heavy (non-hydrogen) atoms. The molecule has 0 amide bonds. The summed E-state index contributed by atoms with van der Waals surface area (Å²) in [6.45, 7) is 19.6. The molecule has 8 aromatic rings. The third-order valence-corrected chi connectivity index (χ3v) is 11.4. The summed E-state index contributed by atoms with van der Waals surface area (Å²) in [6.07, 6.45) is 3.98. The monoisotopic (exact) mass is 749 g/mol. The molecule has 1 aliphatic heterocycles. The Hall–Kier alpha value is -6.27. The number of aryl methyl sites for hydroxylation is 2. The molecule has 0 unspecified atom stereocenters.